The highest BCUT2D eigenvalue weighted by Gasteiger charge is 2.15. The molecule has 3 N–H and O–H groups in total. The molecule has 0 radical (unpaired) electrons. The molecule has 2 rings (SSSR count). The number of aromatic nitrogens is 4. The predicted molar refractivity (Wildman–Crippen MR) is 76.5 cm³/mol. The summed E-state index contributed by atoms with van der Waals surface area (Å²) in [6, 6.07) is 1.83. The fraction of sp³-hybridized carbons (Fsp3) is 0.462. The number of carbonyl (C=O) groups is 1. The van der Waals surface area contributed by atoms with Crippen molar-refractivity contribution in [2.24, 2.45) is 12.8 Å². The summed E-state index contributed by atoms with van der Waals surface area (Å²) in [6.45, 7) is 5.09. The zero-order valence-electron chi connectivity index (χ0n) is 12.1. The first-order valence-corrected chi connectivity index (χ1v) is 6.57. The molecule has 0 aromatic carbocycles. The lowest BCUT2D eigenvalue weighted by atomic mass is 10.2. The van der Waals surface area contributed by atoms with Gasteiger partial charge in [0.2, 0.25) is 0 Å². The molecule has 0 bridgehead atoms. The number of amides is 1. The van der Waals surface area contributed by atoms with E-state index < -0.39 is 0 Å². The first-order chi connectivity index (χ1) is 9.52. The van der Waals surface area contributed by atoms with Crippen molar-refractivity contribution in [2.75, 3.05) is 11.9 Å². The summed E-state index contributed by atoms with van der Waals surface area (Å²) in [5.41, 5.74) is 7.76. The Morgan fingerprint density at radius 1 is 1.45 bits per heavy atom. The standard InChI is InChI=1S/C13H20N6O/c1-9-7-12(18(3)17-9)16-13(20)11-8-15-19(10(11)2)6-4-5-14/h7-8H,4-6,14H2,1-3H3,(H,16,20). The van der Waals surface area contributed by atoms with E-state index in [1.54, 1.807) is 22.6 Å². The van der Waals surface area contributed by atoms with Crippen molar-refractivity contribution in [1.29, 1.82) is 0 Å². The third kappa shape index (κ3) is 2.88. The first kappa shape index (κ1) is 14.3. The van der Waals surface area contributed by atoms with Crippen LogP contribution < -0.4 is 11.1 Å². The average Bonchev–Trinajstić information content (AvgIpc) is 2.90. The molecule has 0 atom stereocenters. The fourth-order valence-corrected chi connectivity index (χ4v) is 2.05. The Balaban J connectivity index is 2.13. The minimum absolute atomic E-state index is 0.176. The topological polar surface area (TPSA) is 90.8 Å². The number of nitrogens with two attached hydrogens (primary N) is 1. The Morgan fingerprint density at radius 2 is 2.20 bits per heavy atom. The minimum Gasteiger partial charge on any atom is -0.330 e. The molecule has 0 saturated carbocycles. The van der Waals surface area contributed by atoms with Crippen LogP contribution >= 0.6 is 0 Å². The Hall–Kier alpha value is -2.15. The van der Waals surface area contributed by atoms with E-state index in [4.69, 9.17) is 5.73 Å². The SMILES string of the molecule is Cc1cc(NC(=O)c2cnn(CCCN)c2C)n(C)n1. The maximum atomic E-state index is 12.3. The number of aryl methyl sites for hydroxylation is 3. The minimum atomic E-state index is -0.176. The summed E-state index contributed by atoms with van der Waals surface area (Å²) in [4.78, 5) is 12.3. The van der Waals surface area contributed by atoms with E-state index in [-0.39, 0.29) is 5.91 Å². The molecular weight excluding hydrogens is 256 g/mol. The van der Waals surface area contributed by atoms with Gasteiger partial charge < -0.3 is 11.1 Å². The molecule has 7 heteroatoms. The highest BCUT2D eigenvalue weighted by atomic mass is 16.1. The van der Waals surface area contributed by atoms with Crippen LogP contribution in [-0.2, 0) is 13.6 Å². The van der Waals surface area contributed by atoms with Crippen molar-refractivity contribution in [3.8, 4) is 0 Å². The van der Waals surface area contributed by atoms with E-state index in [0.717, 1.165) is 24.4 Å². The van der Waals surface area contributed by atoms with Crippen molar-refractivity contribution in [3.63, 3.8) is 0 Å². The molecule has 108 valence electrons. The van der Waals surface area contributed by atoms with Crippen LogP contribution in [0.2, 0.25) is 0 Å². The Bertz CT molecular complexity index is 612. The quantitative estimate of drug-likeness (QED) is 0.846. The zero-order valence-corrected chi connectivity index (χ0v) is 12.1. The summed E-state index contributed by atoms with van der Waals surface area (Å²) in [5, 5.41) is 11.3. The highest BCUT2D eigenvalue weighted by Crippen LogP contribution is 2.13. The van der Waals surface area contributed by atoms with Crippen LogP contribution in [0.1, 0.15) is 28.2 Å². The van der Waals surface area contributed by atoms with E-state index in [9.17, 15) is 4.79 Å². The summed E-state index contributed by atoms with van der Waals surface area (Å²) < 4.78 is 3.44. The van der Waals surface area contributed by atoms with Crippen LogP contribution in [-0.4, -0.2) is 32.0 Å². The average molecular weight is 276 g/mol. The molecule has 7 nitrogen and oxygen atoms in total. The van der Waals surface area contributed by atoms with Crippen molar-refractivity contribution >= 4 is 11.7 Å². The predicted octanol–water partition coefficient (Wildman–Crippen LogP) is 0.835. The molecule has 1 amide bonds. The van der Waals surface area contributed by atoms with Gasteiger partial charge in [-0.15, -0.1) is 0 Å². The van der Waals surface area contributed by atoms with E-state index in [1.165, 1.54) is 0 Å². The third-order valence-electron chi connectivity index (χ3n) is 3.17. The van der Waals surface area contributed by atoms with Crippen molar-refractivity contribution in [3.05, 3.63) is 29.2 Å². The number of nitrogens with zero attached hydrogens (tertiary/aromatic N) is 4. The normalized spacial score (nSPS) is 10.8. The molecular formula is C13H20N6O. The van der Waals surface area contributed by atoms with Crippen molar-refractivity contribution in [1.82, 2.24) is 19.6 Å². The van der Waals surface area contributed by atoms with Gasteiger partial charge >= 0.3 is 0 Å². The summed E-state index contributed by atoms with van der Waals surface area (Å²) >= 11 is 0. The molecule has 0 spiro atoms. The number of hydrogen-bond acceptors (Lipinski definition) is 4. The van der Waals surface area contributed by atoms with Gasteiger partial charge in [-0.25, -0.2) is 0 Å². The van der Waals surface area contributed by atoms with Crippen LogP contribution in [0, 0.1) is 13.8 Å². The van der Waals surface area contributed by atoms with Gasteiger partial charge in [0.15, 0.2) is 0 Å². The Labute approximate surface area is 117 Å². The number of anilines is 1. The van der Waals surface area contributed by atoms with E-state index in [2.05, 4.69) is 15.5 Å². The largest absolute Gasteiger partial charge is 0.330 e. The Kier molecular flexibility index (Phi) is 4.19. The molecule has 0 aliphatic heterocycles. The molecule has 0 saturated heterocycles. The second-order valence-corrected chi connectivity index (χ2v) is 4.76. The van der Waals surface area contributed by atoms with Crippen LogP contribution in [0.4, 0.5) is 5.82 Å². The second kappa shape index (κ2) is 5.87. The van der Waals surface area contributed by atoms with Crippen molar-refractivity contribution < 1.29 is 4.79 Å². The molecule has 0 aliphatic carbocycles. The molecule has 20 heavy (non-hydrogen) atoms. The zero-order chi connectivity index (χ0) is 14.7. The smallest absolute Gasteiger partial charge is 0.260 e. The van der Waals surface area contributed by atoms with Gasteiger partial charge in [0, 0.05) is 25.4 Å². The number of carbonyl (C=O) groups excluding carboxylic acids is 1. The van der Waals surface area contributed by atoms with Crippen LogP contribution in [0.15, 0.2) is 12.3 Å². The van der Waals surface area contributed by atoms with E-state index >= 15 is 0 Å². The molecule has 0 unspecified atom stereocenters. The first-order valence-electron chi connectivity index (χ1n) is 6.57. The molecule has 2 aromatic heterocycles. The number of rotatable bonds is 5. The lowest BCUT2D eigenvalue weighted by Crippen LogP contribution is -2.16. The van der Waals surface area contributed by atoms with Crippen LogP contribution in [0.5, 0.6) is 0 Å². The van der Waals surface area contributed by atoms with Gasteiger partial charge in [-0.05, 0) is 26.8 Å². The molecule has 2 heterocycles. The maximum absolute atomic E-state index is 12.3. The maximum Gasteiger partial charge on any atom is 0.260 e. The lowest BCUT2D eigenvalue weighted by Gasteiger charge is -2.06. The second-order valence-electron chi connectivity index (χ2n) is 4.76. The van der Waals surface area contributed by atoms with Gasteiger partial charge in [-0.3, -0.25) is 14.2 Å². The molecule has 0 aliphatic rings. The summed E-state index contributed by atoms with van der Waals surface area (Å²) in [5.74, 6) is 0.492. The summed E-state index contributed by atoms with van der Waals surface area (Å²) in [6.07, 6.45) is 2.43. The van der Waals surface area contributed by atoms with E-state index in [0.29, 0.717) is 17.9 Å². The molecule has 0 fully saturated rings. The van der Waals surface area contributed by atoms with Crippen LogP contribution in [0.3, 0.4) is 0 Å². The highest BCUT2D eigenvalue weighted by molar-refractivity contribution is 6.04. The lowest BCUT2D eigenvalue weighted by molar-refractivity contribution is 0.102. The Morgan fingerprint density at radius 3 is 2.80 bits per heavy atom. The van der Waals surface area contributed by atoms with Gasteiger partial charge in [-0.1, -0.05) is 0 Å². The number of hydrogen-bond donors (Lipinski definition) is 2. The number of nitrogens with one attached hydrogen (secondary N) is 1. The monoisotopic (exact) mass is 276 g/mol. The van der Waals surface area contributed by atoms with Crippen molar-refractivity contribution in [2.45, 2.75) is 26.8 Å². The van der Waals surface area contributed by atoms with Gasteiger partial charge in [0.25, 0.3) is 5.91 Å². The van der Waals surface area contributed by atoms with E-state index in [1.807, 2.05) is 19.9 Å². The van der Waals surface area contributed by atoms with Crippen LogP contribution in [0.25, 0.3) is 0 Å². The third-order valence-corrected chi connectivity index (χ3v) is 3.17. The molecule has 2 aromatic rings. The fourth-order valence-electron chi connectivity index (χ4n) is 2.05. The summed E-state index contributed by atoms with van der Waals surface area (Å²) in [7, 11) is 1.79. The van der Waals surface area contributed by atoms with Gasteiger partial charge in [0.05, 0.1) is 17.5 Å². The van der Waals surface area contributed by atoms with Gasteiger partial charge in [-0.2, -0.15) is 10.2 Å². The van der Waals surface area contributed by atoms with Gasteiger partial charge in [0.1, 0.15) is 5.82 Å².